The number of rotatable bonds is 6. The molecule has 0 fully saturated rings. The van der Waals surface area contributed by atoms with Crippen molar-refractivity contribution in [3.63, 3.8) is 0 Å². The highest BCUT2D eigenvalue weighted by molar-refractivity contribution is 7.80. The zero-order chi connectivity index (χ0) is 21.0. The van der Waals surface area contributed by atoms with Crippen LogP contribution >= 0.6 is 12.2 Å². The van der Waals surface area contributed by atoms with Crippen LogP contribution in [0.5, 0.6) is 11.5 Å². The molecule has 0 amide bonds. The van der Waals surface area contributed by atoms with Gasteiger partial charge in [0.2, 0.25) is 0 Å². The van der Waals surface area contributed by atoms with Crippen molar-refractivity contribution in [3.8, 4) is 11.5 Å². The summed E-state index contributed by atoms with van der Waals surface area (Å²) in [5.41, 5.74) is 2.68. The van der Waals surface area contributed by atoms with E-state index < -0.39 is 12.0 Å². The van der Waals surface area contributed by atoms with Crippen molar-refractivity contribution in [3.05, 3.63) is 65.4 Å². The number of carbonyl (C=O) groups is 1. The fraction of sp³-hybridized carbons (Fsp3) is 0.273. The number of thiocarbonyl (C=S) groups is 1. The van der Waals surface area contributed by atoms with Crippen LogP contribution in [0, 0.1) is 0 Å². The Morgan fingerprint density at radius 1 is 1.10 bits per heavy atom. The lowest BCUT2D eigenvalue weighted by molar-refractivity contribution is -0.136. The van der Waals surface area contributed by atoms with Gasteiger partial charge in [-0.05, 0) is 44.3 Å². The second-order valence-corrected chi connectivity index (χ2v) is 6.74. The van der Waals surface area contributed by atoms with E-state index in [4.69, 9.17) is 26.4 Å². The first-order chi connectivity index (χ1) is 14.0. The topological polar surface area (TPSA) is 60.0 Å². The van der Waals surface area contributed by atoms with Crippen molar-refractivity contribution in [2.45, 2.75) is 19.9 Å². The number of esters is 1. The van der Waals surface area contributed by atoms with Crippen LogP contribution in [0.4, 0.5) is 5.69 Å². The molecule has 152 valence electrons. The van der Waals surface area contributed by atoms with Crippen LogP contribution in [-0.4, -0.2) is 31.9 Å². The maximum absolute atomic E-state index is 12.8. The third kappa shape index (κ3) is 3.91. The van der Waals surface area contributed by atoms with Crippen LogP contribution in [0.1, 0.15) is 25.5 Å². The molecule has 2 aromatic carbocycles. The Hall–Kier alpha value is -3.06. The molecule has 0 saturated heterocycles. The number of ether oxygens (including phenoxy) is 3. The van der Waals surface area contributed by atoms with E-state index in [9.17, 15) is 4.79 Å². The van der Waals surface area contributed by atoms with E-state index in [0.717, 1.165) is 11.3 Å². The molecule has 29 heavy (non-hydrogen) atoms. The van der Waals surface area contributed by atoms with Crippen LogP contribution < -0.4 is 19.7 Å². The number of nitrogens with zero attached hydrogens (tertiary/aromatic N) is 1. The molecule has 2 aromatic rings. The average molecular weight is 413 g/mol. The summed E-state index contributed by atoms with van der Waals surface area (Å²) in [5.74, 6) is 0.900. The van der Waals surface area contributed by atoms with E-state index in [1.54, 1.807) is 12.0 Å². The number of hydrogen-bond donors (Lipinski definition) is 1. The molecule has 3 rings (SSSR count). The molecule has 0 radical (unpaired) electrons. The Kier molecular flexibility index (Phi) is 6.39. The second kappa shape index (κ2) is 8.96. The van der Waals surface area contributed by atoms with Crippen molar-refractivity contribution in [1.29, 1.82) is 0 Å². The van der Waals surface area contributed by atoms with E-state index in [1.165, 1.54) is 7.11 Å². The standard InChI is InChI=1S/C22H24N2O4S/c1-5-28-17-12-8-6-10-15(17)20-19(21(25)27-4)14(2)24(22(29)23-20)16-11-7-9-13-18(16)26-3/h6-13,20H,5H2,1-4H3,(H,23,29)/t20-/m1/s1. The van der Waals surface area contributed by atoms with E-state index in [1.807, 2.05) is 62.4 Å². The summed E-state index contributed by atoms with van der Waals surface area (Å²) in [6, 6.07) is 14.6. The molecule has 0 aliphatic carbocycles. The van der Waals surface area contributed by atoms with E-state index >= 15 is 0 Å². The van der Waals surface area contributed by atoms with Gasteiger partial charge in [0.1, 0.15) is 11.5 Å². The minimum Gasteiger partial charge on any atom is -0.495 e. The third-order valence-electron chi connectivity index (χ3n) is 4.75. The average Bonchev–Trinajstić information content (AvgIpc) is 2.74. The Morgan fingerprint density at radius 3 is 2.41 bits per heavy atom. The maximum atomic E-state index is 12.8. The van der Waals surface area contributed by atoms with Gasteiger partial charge in [0.15, 0.2) is 5.11 Å². The van der Waals surface area contributed by atoms with E-state index in [0.29, 0.717) is 34.5 Å². The smallest absolute Gasteiger partial charge is 0.337 e. The van der Waals surface area contributed by atoms with Gasteiger partial charge in [-0.3, -0.25) is 4.90 Å². The molecule has 0 aromatic heterocycles. The fourth-order valence-electron chi connectivity index (χ4n) is 3.46. The highest BCUT2D eigenvalue weighted by Gasteiger charge is 2.37. The van der Waals surface area contributed by atoms with Gasteiger partial charge >= 0.3 is 5.97 Å². The molecule has 7 heteroatoms. The predicted octanol–water partition coefficient (Wildman–Crippen LogP) is 3.98. The van der Waals surface area contributed by atoms with Crippen LogP contribution in [-0.2, 0) is 9.53 Å². The number of para-hydroxylation sites is 3. The van der Waals surface area contributed by atoms with Gasteiger partial charge in [0.05, 0.1) is 38.1 Å². The Labute approximate surface area is 176 Å². The summed E-state index contributed by atoms with van der Waals surface area (Å²) in [4.78, 5) is 14.6. The van der Waals surface area contributed by atoms with Crippen LogP contribution in [0.2, 0.25) is 0 Å². The molecular formula is C22H24N2O4S. The molecule has 1 heterocycles. The summed E-state index contributed by atoms with van der Waals surface area (Å²) >= 11 is 5.69. The molecule has 1 aliphatic rings. The van der Waals surface area contributed by atoms with E-state index in [2.05, 4.69) is 5.32 Å². The molecule has 1 N–H and O–H groups in total. The van der Waals surface area contributed by atoms with Crippen molar-refractivity contribution in [2.24, 2.45) is 0 Å². The first-order valence-corrected chi connectivity index (χ1v) is 9.68. The number of benzene rings is 2. The van der Waals surface area contributed by atoms with Crippen molar-refractivity contribution < 1.29 is 19.0 Å². The molecule has 0 bridgehead atoms. The van der Waals surface area contributed by atoms with Gasteiger partial charge in [-0.25, -0.2) is 4.79 Å². The number of nitrogens with one attached hydrogen (secondary N) is 1. The third-order valence-corrected chi connectivity index (χ3v) is 5.05. The first kappa shape index (κ1) is 20.7. The van der Waals surface area contributed by atoms with Crippen molar-refractivity contribution >= 4 is 29.0 Å². The Morgan fingerprint density at radius 2 is 1.76 bits per heavy atom. The minimum absolute atomic E-state index is 0.436. The van der Waals surface area contributed by atoms with Gasteiger partial charge in [-0.15, -0.1) is 0 Å². The summed E-state index contributed by atoms with van der Waals surface area (Å²) in [5, 5.41) is 3.74. The van der Waals surface area contributed by atoms with E-state index in [-0.39, 0.29) is 0 Å². The van der Waals surface area contributed by atoms with Crippen LogP contribution in [0.3, 0.4) is 0 Å². The van der Waals surface area contributed by atoms with Crippen LogP contribution in [0.15, 0.2) is 59.8 Å². The van der Waals surface area contributed by atoms with Gasteiger partial charge in [-0.2, -0.15) is 0 Å². The molecule has 6 nitrogen and oxygen atoms in total. The number of hydrogen-bond acceptors (Lipinski definition) is 5. The summed E-state index contributed by atoms with van der Waals surface area (Å²) in [6.07, 6.45) is 0. The molecule has 0 unspecified atom stereocenters. The summed E-state index contributed by atoms with van der Waals surface area (Å²) in [7, 11) is 2.97. The first-order valence-electron chi connectivity index (χ1n) is 9.27. The molecule has 1 aliphatic heterocycles. The van der Waals surface area contributed by atoms with Crippen molar-refractivity contribution in [1.82, 2.24) is 5.32 Å². The molecule has 0 saturated carbocycles. The minimum atomic E-state index is -0.497. The summed E-state index contributed by atoms with van der Waals surface area (Å²) in [6.45, 7) is 4.28. The zero-order valence-corrected chi connectivity index (χ0v) is 17.7. The molecule has 0 spiro atoms. The number of anilines is 1. The largest absolute Gasteiger partial charge is 0.495 e. The van der Waals surface area contributed by atoms with Gasteiger partial charge < -0.3 is 19.5 Å². The SMILES string of the molecule is CCOc1ccccc1[C@H]1NC(=S)N(c2ccccc2OC)C(C)=C1C(=O)OC. The number of carbonyl (C=O) groups excluding carboxylic acids is 1. The van der Waals surface area contributed by atoms with Gasteiger partial charge in [0, 0.05) is 11.3 Å². The monoisotopic (exact) mass is 412 g/mol. The molecular weight excluding hydrogens is 388 g/mol. The van der Waals surface area contributed by atoms with Gasteiger partial charge in [0.25, 0.3) is 0 Å². The zero-order valence-electron chi connectivity index (χ0n) is 16.9. The number of methoxy groups -OCH3 is 2. The van der Waals surface area contributed by atoms with Crippen molar-refractivity contribution in [2.75, 3.05) is 25.7 Å². The highest BCUT2D eigenvalue weighted by Crippen LogP contribution is 2.39. The lowest BCUT2D eigenvalue weighted by atomic mass is 9.94. The quantitative estimate of drug-likeness (QED) is 0.569. The van der Waals surface area contributed by atoms with Gasteiger partial charge in [-0.1, -0.05) is 30.3 Å². The van der Waals surface area contributed by atoms with Crippen LogP contribution in [0.25, 0.3) is 0 Å². The lowest BCUT2D eigenvalue weighted by Gasteiger charge is -2.38. The Bertz CT molecular complexity index is 957. The lowest BCUT2D eigenvalue weighted by Crippen LogP contribution is -2.48. The fourth-order valence-corrected chi connectivity index (χ4v) is 3.81. The molecule has 1 atom stereocenters. The second-order valence-electron chi connectivity index (χ2n) is 6.35. The predicted molar refractivity (Wildman–Crippen MR) is 116 cm³/mol. The number of allylic oxidation sites excluding steroid dienone is 1. The summed E-state index contributed by atoms with van der Waals surface area (Å²) < 4.78 is 16.4. The maximum Gasteiger partial charge on any atom is 0.337 e. The Balaban J connectivity index is 2.18. The highest BCUT2D eigenvalue weighted by atomic mass is 32.1. The normalized spacial score (nSPS) is 16.3.